The molecule has 2 aromatic rings. The van der Waals surface area contributed by atoms with Gasteiger partial charge in [-0.05, 0) is 18.2 Å². The maximum Gasteiger partial charge on any atom is 0.234 e. The molecule has 0 saturated carbocycles. The van der Waals surface area contributed by atoms with Gasteiger partial charge in [0, 0.05) is 5.39 Å². The second kappa shape index (κ2) is 4.60. The van der Waals surface area contributed by atoms with Gasteiger partial charge in [-0.1, -0.05) is 0 Å². The molecule has 92 valence electrons. The zero-order chi connectivity index (χ0) is 11.1. The van der Waals surface area contributed by atoms with Gasteiger partial charge in [0.25, 0.3) is 0 Å². The Morgan fingerprint density at radius 2 is 2.35 bits per heavy atom. The Hall–Kier alpha value is -1.17. The van der Waals surface area contributed by atoms with Crippen LogP contribution in [0.25, 0.3) is 10.9 Å². The number of halogens is 2. The molecular weight excluding hydrogens is 245 g/mol. The molecule has 1 aliphatic rings. The molecule has 0 fully saturated rings. The first kappa shape index (κ1) is 12.3. The highest BCUT2D eigenvalue weighted by atomic mass is 35.5. The lowest BCUT2D eigenvalue weighted by molar-refractivity contribution is -0.714. The van der Waals surface area contributed by atoms with Crippen LogP contribution in [0.5, 0.6) is 0 Å². The third-order valence-electron chi connectivity index (χ3n) is 2.91. The number of fused-ring (bicyclic) bond motifs is 3. The van der Waals surface area contributed by atoms with E-state index in [9.17, 15) is 4.39 Å². The molecule has 0 saturated heterocycles. The second-order valence-electron chi connectivity index (χ2n) is 3.89. The summed E-state index contributed by atoms with van der Waals surface area (Å²) >= 11 is 0. The van der Waals surface area contributed by atoms with E-state index in [4.69, 9.17) is 4.74 Å². The van der Waals surface area contributed by atoms with Gasteiger partial charge in [-0.3, -0.25) is 4.68 Å². The molecule has 1 aromatic heterocycles. The fourth-order valence-corrected chi connectivity index (χ4v) is 2.19. The largest absolute Gasteiger partial charge is 1.00 e. The number of aromatic nitrogens is 2. The van der Waals surface area contributed by atoms with Crippen LogP contribution in [0.1, 0.15) is 11.9 Å². The molecule has 0 aliphatic carbocycles. The Morgan fingerprint density at radius 1 is 1.53 bits per heavy atom. The molecule has 2 N–H and O–H groups in total. The van der Waals surface area contributed by atoms with Gasteiger partial charge in [0.2, 0.25) is 6.23 Å². The molecule has 4 nitrogen and oxygen atoms in total. The molecule has 1 atom stereocenters. The Kier molecular flexibility index (Phi) is 3.33. The number of ether oxygens (including phenoxy) is 1. The van der Waals surface area contributed by atoms with Gasteiger partial charge in [-0.15, -0.1) is 0 Å². The maximum atomic E-state index is 13.2. The summed E-state index contributed by atoms with van der Waals surface area (Å²) in [6, 6.07) is 4.68. The van der Waals surface area contributed by atoms with Crippen LogP contribution in [0.4, 0.5) is 4.39 Å². The number of hydrogen-bond acceptors (Lipinski definition) is 2. The molecule has 0 radical (unpaired) electrons. The Bertz CT molecular complexity index is 543. The van der Waals surface area contributed by atoms with E-state index in [1.165, 1.54) is 12.1 Å². The van der Waals surface area contributed by atoms with Crippen molar-refractivity contribution in [2.75, 3.05) is 13.7 Å². The highest BCUT2D eigenvalue weighted by Gasteiger charge is 2.27. The van der Waals surface area contributed by atoms with Gasteiger partial charge >= 0.3 is 0 Å². The highest BCUT2D eigenvalue weighted by molar-refractivity contribution is 5.81. The first-order chi connectivity index (χ1) is 7.79. The summed E-state index contributed by atoms with van der Waals surface area (Å²) < 4.78 is 20.8. The third kappa shape index (κ3) is 1.90. The van der Waals surface area contributed by atoms with E-state index in [1.807, 2.05) is 17.0 Å². The Morgan fingerprint density at radius 3 is 3.12 bits per heavy atom. The van der Waals surface area contributed by atoms with Crippen molar-refractivity contribution in [3.63, 3.8) is 0 Å². The van der Waals surface area contributed by atoms with Crippen molar-refractivity contribution in [1.29, 1.82) is 0 Å². The van der Waals surface area contributed by atoms with Crippen LogP contribution in [0.2, 0.25) is 0 Å². The van der Waals surface area contributed by atoms with Crippen LogP contribution in [0.3, 0.4) is 0 Å². The Balaban J connectivity index is 0.00000108. The van der Waals surface area contributed by atoms with Gasteiger partial charge in [-0.25, -0.2) is 4.39 Å². The smallest absolute Gasteiger partial charge is 0.234 e. The summed E-state index contributed by atoms with van der Waals surface area (Å²) in [6.45, 7) is 1.38. The van der Waals surface area contributed by atoms with Crippen molar-refractivity contribution in [3.8, 4) is 0 Å². The molecule has 0 amide bonds. The van der Waals surface area contributed by atoms with Crippen molar-refractivity contribution in [2.24, 2.45) is 0 Å². The van der Waals surface area contributed by atoms with Crippen molar-refractivity contribution in [1.82, 2.24) is 9.78 Å². The average Bonchev–Trinajstić information content (AvgIpc) is 2.66. The molecule has 3 rings (SSSR count). The summed E-state index contributed by atoms with van der Waals surface area (Å²) in [4.78, 5) is 0. The standard InChI is InChI=1S/C11H12FN3O.ClH/c1-13-11-10-8-6-7(12)2-3-9(8)14-15(10)4-5-16-11;/h2-3,6,11,13H,4-5H2,1H3;1H. The number of nitrogens with zero attached hydrogens (tertiary/aromatic N) is 2. The van der Waals surface area contributed by atoms with Crippen molar-refractivity contribution < 1.29 is 26.9 Å². The third-order valence-corrected chi connectivity index (χ3v) is 2.91. The number of hydrogen-bond donors (Lipinski definition) is 1. The summed E-state index contributed by atoms with van der Waals surface area (Å²) in [5.74, 6) is -0.233. The topological polar surface area (TPSA) is 43.7 Å². The van der Waals surface area contributed by atoms with E-state index in [0.717, 1.165) is 23.1 Å². The van der Waals surface area contributed by atoms with E-state index in [2.05, 4.69) is 5.10 Å². The number of nitrogens with two attached hydrogens (primary N) is 1. The van der Waals surface area contributed by atoms with Gasteiger partial charge in [0.1, 0.15) is 11.5 Å². The predicted octanol–water partition coefficient (Wildman–Crippen LogP) is -2.60. The average molecular weight is 258 g/mol. The second-order valence-corrected chi connectivity index (χ2v) is 3.89. The number of rotatable bonds is 1. The molecule has 0 bridgehead atoms. The van der Waals surface area contributed by atoms with E-state index >= 15 is 0 Å². The molecule has 17 heavy (non-hydrogen) atoms. The molecule has 1 unspecified atom stereocenters. The fraction of sp³-hybridized carbons (Fsp3) is 0.364. The Labute approximate surface area is 104 Å². The fourth-order valence-electron chi connectivity index (χ4n) is 2.19. The molecular formula is C11H13ClFN3O. The normalized spacial score (nSPS) is 18.8. The molecule has 6 heteroatoms. The minimum Gasteiger partial charge on any atom is -1.00 e. The van der Waals surface area contributed by atoms with Gasteiger partial charge < -0.3 is 22.5 Å². The highest BCUT2D eigenvalue weighted by Crippen LogP contribution is 2.26. The molecule has 1 aliphatic heterocycles. The van der Waals surface area contributed by atoms with Crippen molar-refractivity contribution >= 4 is 10.9 Å². The van der Waals surface area contributed by atoms with Gasteiger partial charge in [-0.2, -0.15) is 5.10 Å². The van der Waals surface area contributed by atoms with E-state index < -0.39 is 0 Å². The lowest BCUT2D eigenvalue weighted by Crippen LogP contribution is -3.00. The van der Waals surface area contributed by atoms with E-state index in [1.54, 1.807) is 6.07 Å². The van der Waals surface area contributed by atoms with Crippen LogP contribution >= 0.6 is 0 Å². The monoisotopic (exact) mass is 257 g/mol. The van der Waals surface area contributed by atoms with Crippen LogP contribution in [0, 0.1) is 5.82 Å². The van der Waals surface area contributed by atoms with Crippen LogP contribution in [-0.2, 0) is 11.3 Å². The molecule has 2 heterocycles. The number of quaternary nitrogens is 1. The SMILES string of the molecule is C[NH2+]C1OCCn2nc3ccc(F)cc3c21.[Cl-]. The number of benzene rings is 1. The van der Waals surface area contributed by atoms with Crippen molar-refractivity contribution in [2.45, 2.75) is 12.8 Å². The van der Waals surface area contributed by atoms with Gasteiger partial charge in [0.15, 0.2) is 0 Å². The lowest BCUT2D eigenvalue weighted by Gasteiger charge is -2.21. The minimum absolute atomic E-state index is 0. The summed E-state index contributed by atoms with van der Waals surface area (Å²) in [5, 5.41) is 7.26. The summed E-state index contributed by atoms with van der Waals surface area (Å²) in [5.41, 5.74) is 1.79. The van der Waals surface area contributed by atoms with E-state index in [0.29, 0.717) is 6.61 Å². The predicted molar refractivity (Wildman–Crippen MR) is 56.2 cm³/mol. The minimum atomic E-state index is -0.233. The maximum absolute atomic E-state index is 13.2. The summed E-state index contributed by atoms with van der Waals surface area (Å²) in [6.07, 6.45) is -0.0828. The quantitative estimate of drug-likeness (QED) is 0.609. The molecule has 1 aromatic carbocycles. The first-order valence-electron chi connectivity index (χ1n) is 5.36. The van der Waals surface area contributed by atoms with Crippen LogP contribution < -0.4 is 17.7 Å². The molecule has 0 spiro atoms. The first-order valence-corrected chi connectivity index (χ1v) is 5.36. The zero-order valence-electron chi connectivity index (χ0n) is 9.36. The van der Waals surface area contributed by atoms with Crippen LogP contribution in [-0.4, -0.2) is 23.4 Å². The zero-order valence-corrected chi connectivity index (χ0v) is 10.1. The summed E-state index contributed by atoms with van der Waals surface area (Å²) in [7, 11) is 1.94. The van der Waals surface area contributed by atoms with E-state index in [-0.39, 0.29) is 24.5 Å². The lowest BCUT2D eigenvalue weighted by atomic mass is 10.2. The van der Waals surface area contributed by atoms with Crippen molar-refractivity contribution in [3.05, 3.63) is 29.7 Å². The van der Waals surface area contributed by atoms with Crippen LogP contribution in [0.15, 0.2) is 18.2 Å². The van der Waals surface area contributed by atoms with Gasteiger partial charge in [0.05, 0.1) is 25.7 Å².